The van der Waals surface area contributed by atoms with Gasteiger partial charge in [-0.15, -0.1) is 11.6 Å². The number of nitrogens with zero attached hydrogens (tertiary/aromatic N) is 1. The number of benzene rings is 1. The van der Waals surface area contributed by atoms with Gasteiger partial charge in [-0.25, -0.2) is 0 Å². The van der Waals surface area contributed by atoms with Crippen molar-refractivity contribution < 1.29 is 14.8 Å². The van der Waals surface area contributed by atoms with Gasteiger partial charge in [0.1, 0.15) is 12.7 Å². The lowest BCUT2D eigenvalue weighted by molar-refractivity contribution is 0.342. The van der Waals surface area contributed by atoms with Crippen molar-refractivity contribution in [1.82, 2.24) is 0 Å². The van der Waals surface area contributed by atoms with Gasteiger partial charge in [0.2, 0.25) is 0 Å². The summed E-state index contributed by atoms with van der Waals surface area (Å²) < 4.78 is 5.19. The van der Waals surface area contributed by atoms with E-state index in [0.717, 1.165) is 0 Å². The highest BCUT2D eigenvalue weighted by molar-refractivity contribution is 6.59. The molecule has 4 nitrogen and oxygen atoms in total. The van der Waals surface area contributed by atoms with E-state index in [1.807, 2.05) is 6.07 Å². The van der Waals surface area contributed by atoms with Crippen LogP contribution in [0.1, 0.15) is 5.56 Å². The molecule has 0 bridgehead atoms. The molecule has 0 heterocycles. The standard InChI is InChI=1S/C9H8BCl2NO3/c11-1-2-16-9-6(5-13)3-7(10(14)15)4-8(9)12/h3-4,14-15H,1-2H2. The van der Waals surface area contributed by atoms with E-state index in [1.165, 1.54) is 12.1 Å². The first-order valence-corrected chi connectivity index (χ1v) is 5.29. The fourth-order valence-corrected chi connectivity index (χ4v) is 1.49. The van der Waals surface area contributed by atoms with Crippen molar-refractivity contribution in [2.45, 2.75) is 0 Å². The number of halogens is 2. The molecule has 0 spiro atoms. The Hall–Kier alpha value is -0.925. The van der Waals surface area contributed by atoms with E-state index in [1.54, 1.807) is 0 Å². The Balaban J connectivity index is 3.14. The SMILES string of the molecule is N#Cc1cc(B(O)O)cc(Cl)c1OCCCl. The van der Waals surface area contributed by atoms with Crippen LogP contribution in [0.15, 0.2) is 12.1 Å². The second-order valence-corrected chi connectivity index (χ2v) is 3.69. The van der Waals surface area contributed by atoms with Gasteiger partial charge in [0, 0.05) is 0 Å². The Kier molecular flexibility index (Phi) is 4.90. The fraction of sp³-hybridized carbons (Fsp3) is 0.222. The predicted octanol–water partition coefficient (Wildman–Crippen LogP) is 0.509. The van der Waals surface area contributed by atoms with Crippen molar-refractivity contribution in [1.29, 1.82) is 5.26 Å². The number of hydrogen-bond acceptors (Lipinski definition) is 4. The number of nitriles is 1. The summed E-state index contributed by atoms with van der Waals surface area (Å²) in [6, 6.07) is 4.50. The van der Waals surface area contributed by atoms with Crippen molar-refractivity contribution in [3.8, 4) is 11.8 Å². The maximum atomic E-state index is 8.96. The minimum absolute atomic E-state index is 0.139. The second-order valence-electron chi connectivity index (χ2n) is 2.90. The van der Waals surface area contributed by atoms with Gasteiger partial charge in [-0.3, -0.25) is 0 Å². The summed E-state index contributed by atoms with van der Waals surface area (Å²) in [6.07, 6.45) is 0. The van der Waals surface area contributed by atoms with Crippen LogP contribution >= 0.6 is 23.2 Å². The van der Waals surface area contributed by atoms with Crippen LogP contribution in [-0.4, -0.2) is 29.7 Å². The third-order valence-corrected chi connectivity index (χ3v) is 2.24. The lowest BCUT2D eigenvalue weighted by Gasteiger charge is -2.10. The summed E-state index contributed by atoms with van der Waals surface area (Å²) in [5, 5.41) is 26.9. The molecule has 0 fully saturated rings. The number of ether oxygens (including phenoxy) is 1. The van der Waals surface area contributed by atoms with Gasteiger partial charge in [0.25, 0.3) is 0 Å². The molecule has 0 atom stereocenters. The summed E-state index contributed by atoms with van der Waals surface area (Å²) in [5.74, 6) is 0.472. The fourth-order valence-electron chi connectivity index (χ4n) is 1.13. The summed E-state index contributed by atoms with van der Waals surface area (Å²) in [6.45, 7) is 0.219. The Bertz CT molecular complexity index is 420. The zero-order chi connectivity index (χ0) is 12.1. The third-order valence-electron chi connectivity index (χ3n) is 1.81. The van der Waals surface area contributed by atoms with Crippen LogP contribution in [0.5, 0.6) is 5.75 Å². The number of alkyl halides is 1. The second kappa shape index (κ2) is 5.97. The number of rotatable bonds is 4. The maximum Gasteiger partial charge on any atom is 0.488 e. The largest absolute Gasteiger partial charge is 0.489 e. The lowest BCUT2D eigenvalue weighted by atomic mass is 9.79. The molecule has 84 valence electrons. The van der Waals surface area contributed by atoms with Crippen LogP contribution in [0.2, 0.25) is 5.02 Å². The highest BCUT2D eigenvalue weighted by atomic mass is 35.5. The van der Waals surface area contributed by atoms with Gasteiger partial charge in [0.15, 0.2) is 5.75 Å². The van der Waals surface area contributed by atoms with E-state index < -0.39 is 7.12 Å². The number of hydrogen-bond donors (Lipinski definition) is 2. The van der Waals surface area contributed by atoms with E-state index >= 15 is 0 Å². The molecule has 0 saturated heterocycles. The zero-order valence-electron chi connectivity index (χ0n) is 8.15. The third kappa shape index (κ3) is 3.03. The molecule has 2 N–H and O–H groups in total. The molecule has 0 radical (unpaired) electrons. The van der Waals surface area contributed by atoms with E-state index in [2.05, 4.69) is 0 Å². The molecule has 1 aromatic rings. The Morgan fingerprint density at radius 2 is 2.12 bits per heavy atom. The molecule has 0 amide bonds. The van der Waals surface area contributed by atoms with Gasteiger partial charge in [-0.1, -0.05) is 11.6 Å². The quantitative estimate of drug-likeness (QED) is 0.611. The average Bonchev–Trinajstić information content (AvgIpc) is 2.26. The van der Waals surface area contributed by atoms with Gasteiger partial charge in [0.05, 0.1) is 16.5 Å². The van der Waals surface area contributed by atoms with Crippen LogP contribution in [-0.2, 0) is 0 Å². The van der Waals surface area contributed by atoms with E-state index in [-0.39, 0.29) is 34.3 Å². The van der Waals surface area contributed by atoms with Crippen molar-refractivity contribution >= 4 is 35.8 Å². The van der Waals surface area contributed by atoms with Crippen LogP contribution in [0.4, 0.5) is 0 Å². The van der Waals surface area contributed by atoms with Crippen LogP contribution in [0, 0.1) is 11.3 Å². The molecule has 7 heteroatoms. The summed E-state index contributed by atoms with van der Waals surface area (Å²) in [4.78, 5) is 0. The molecule has 0 aliphatic heterocycles. The minimum Gasteiger partial charge on any atom is -0.489 e. The molecule has 0 saturated carbocycles. The normalized spacial score (nSPS) is 9.69. The van der Waals surface area contributed by atoms with Crippen molar-refractivity contribution in [3.63, 3.8) is 0 Å². The molecule has 0 aromatic heterocycles. The Morgan fingerprint density at radius 3 is 2.62 bits per heavy atom. The van der Waals surface area contributed by atoms with Crippen molar-refractivity contribution in [3.05, 3.63) is 22.7 Å². The van der Waals surface area contributed by atoms with Crippen LogP contribution in [0.3, 0.4) is 0 Å². The lowest BCUT2D eigenvalue weighted by Crippen LogP contribution is -2.30. The topological polar surface area (TPSA) is 73.5 Å². The highest BCUT2D eigenvalue weighted by Gasteiger charge is 2.17. The monoisotopic (exact) mass is 259 g/mol. The smallest absolute Gasteiger partial charge is 0.488 e. The summed E-state index contributed by atoms with van der Waals surface area (Å²) in [7, 11) is -1.67. The first kappa shape index (κ1) is 13.1. The van der Waals surface area contributed by atoms with Crippen LogP contribution < -0.4 is 10.2 Å². The molecule has 0 aliphatic rings. The average molecular weight is 260 g/mol. The molecular formula is C9H8BCl2NO3. The predicted molar refractivity (Wildman–Crippen MR) is 62.2 cm³/mol. The molecule has 0 unspecified atom stereocenters. The highest BCUT2D eigenvalue weighted by Crippen LogP contribution is 2.27. The van der Waals surface area contributed by atoms with E-state index in [0.29, 0.717) is 0 Å². The molecule has 0 aliphatic carbocycles. The van der Waals surface area contributed by atoms with E-state index in [4.69, 9.17) is 43.2 Å². The Morgan fingerprint density at radius 1 is 1.44 bits per heavy atom. The van der Waals surface area contributed by atoms with Gasteiger partial charge in [-0.05, 0) is 17.6 Å². The van der Waals surface area contributed by atoms with Crippen molar-refractivity contribution in [2.75, 3.05) is 12.5 Å². The zero-order valence-corrected chi connectivity index (χ0v) is 9.66. The van der Waals surface area contributed by atoms with Gasteiger partial charge in [-0.2, -0.15) is 5.26 Å². The first-order valence-electron chi connectivity index (χ1n) is 4.38. The molecule has 16 heavy (non-hydrogen) atoms. The molecule has 1 rings (SSSR count). The minimum atomic E-state index is -1.67. The Labute approximate surface area is 103 Å². The van der Waals surface area contributed by atoms with E-state index in [9.17, 15) is 0 Å². The summed E-state index contributed by atoms with van der Waals surface area (Å²) >= 11 is 11.3. The first-order chi connectivity index (χ1) is 7.60. The van der Waals surface area contributed by atoms with Gasteiger partial charge >= 0.3 is 7.12 Å². The molecular weight excluding hydrogens is 252 g/mol. The maximum absolute atomic E-state index is 8.96. The van der Waals surface area contributed by atoms with Crippen molar-refractivity contribution in [2.24, 2.45) is 0 Å². The van der Waals surface area contributed by atoms with Gasteiger partial charge < -0.3 is 14.8 Å². The van der Waals surface area contributed by atoms with Crippen LogP contribution in [0.25, 0.3) is 0 Å². The molecule has 1 aromatic carbocycles. The summed E-state index contributed by atoms with van der Waals surface area (Å²) in [5.41, 5.74) is 0.278.